The van der Waals surface area contributed by atoms with E-state index >= 15 is 0 Å². The summed E-state index contributed by atoms with van der Waals surface area (Å²) in [6.45, 7) is 0.163. The summed E-state index contributed by atoms with van der Waals surface area (Å²) < 4.78 is 39.7. The summed E-state index contributed by atoms with van der Waals surface area (Å²) in [4.78, 5) is 14.7. The van der Waals surface area contributed by atoms with E-state index in [4.69, 9.17) is 13.7 Å². The third-order valence-corrected chi connectivity index (χ3v) is 6.67. The number of hydrogen-bond acceptors (Lipinski definition) is 7. The summed E-state index contributed by atoms with van der Waals surface area (Å²) in [5, 5.41) is 3.92. The summed E-state index contributed by atoms with van der Waals surface area (Å²) >= 11 is 0. The average Bonchev–Trinajstić information content (AvgIpc) is 3.47. The zero-order chi connectivity index (χ0) is 20.4. The van der Waals surface area contributed by atoms with Gasteiger partial charge >= 0.3 is 0 Å². The van der Waals surface area contributed by atoms with E-state index in [0.29, 0.717) is 23.7 Å². The lowest BCUT2D eigenvalue weighted by Crippen LogP contribution is -2.40. The predicted octanol–water partition coefficient (Wildman–Crippen LogP) is 2.77. The summed E-state index contributed by atoms with van der Waals surface area (Å²) in [6.07, 6.45) is 1.90. The molecule has 1 aliphatic rings. The van der Waals surface area contributed by atoms with E-state index in [1.54, 1.807) is 49.6 Å². The minimum Gasteiger partial charge on any atom is -0.497 e. The molecule has 3 heterocycles. The van der Waals surface area contributed by atoms with Crippen LogP contribution in [0.5, 0.6) is 5.75 Å². The number of aromatic nitrogens is 1. The van der Waals surface area contributed by atoms with Crippen LogP contribution in [0.2, 0.25) is 0 Å². The van der Waals surface area contributed by atoms with Crippen molar-refractivity contribution in [2.75, 3.05) is 18.6 Å². The molecule has 0 bridgehead atoms. The van der Waals surface area contributed by atoms with E-state index < -0.39 is 21.8 Å². The highest BCUT2D eigenvalue weighted by Gasteiger charge is 2.36. The largest absolute Gasteiger partial charge is 0.497 e. The molecule has 152 valence electrons. The predicted molar refractivity (Wildman–Crippen MR) is 104 cm³/mol. The van der Waals surface area contributed by atoms with Gasteiger partial charge in [0.25, 0.3) is 5.91 Å². The fraction of sp³-hybridized carbons (Fsp3) is 0.300. The maximum absolute atomic E-state index is 13.2. The monoisotopic (exact) mass is 416 g/mol. The molecule has 1 fully saturated rings. The number of carbonyl (C=O) groups excluding carboxylic acids is 1. The first-order valence-electron chi connectivity index (χ1n) is 9.10. The summed E-state index contributed by atoms with van der Waals surface area (Å²) in [7, 11) is -1.58. The van der Waals surface area contributed by atoms with E-state index in [0.717, 1.165) is 5.56 Å². The van der Waals surface area contributed by atoms with Crippen molar-refractivity contribution in [2.24, 2.45) is 0 Å². The maximum atomic E-state index is 13.2. The van der Waals surface area contributed by atoms with Crippen molar-refractivity contribution in [3.63, 3.8) is 0 Å². The van der Waals surface area contributed by atoms with Gasteiger partial charge in [-0.25, -0.2) is 8.42 Å². The van der Waals surface area contributed by atoms with Crippen LogP contribution in [0.4, 0.5) is 0 Å². The van der Waals surface area contributed by atoms with E-state index in [-0.39, 0.29) is 23.7 Å². The van der Waals surface area contributed by atoms with Gasteiger partial charge in [0.1, 0.15) is 11.5 Å². The van der Waals surface area contributed by atoms with Crippen LogP contribution in [0.3, 0.4) is 0 Å². The van der Waals surface area contributed by atoms with Crippen LogP contribution in [-0.4, -0.2) is 49.0 Å². The molecule has 0 aliphatic carbocycles. The van der Waals surface area contributed by atoms with Crippen molar-refractivity contribution >= 4 is 15.7 Å². The van der Waals surface area contributed by atoms with E-state index in [1.807, 2.05) is 0 Å². The molecular weight excluding hydrogens is 396 g/mol. The zero-order valence-corrected chi connectivity index (χ0v) is 16.6. The Morgan fingerprint density at radius 3 is 2.69 bits per heavy atom. The molecule has 0 spiro atoms. The number of hydrogen-bond donors (Lipinski definition) is 0. The summed E-state index contributed by atoms with van der Waals surface area (Å²) in [5.41, 5.74) is 0.866. The Morgan fingerprint density at radius 2 is 2.07 bits per heavy atom. The van der Waals surface area contributed by atoms with Crippen LogP contribution in [0.25, 0.3) is 11.3 Å². The first-order chi connectivity index (χ1) is 13.9. The van der Waals surface area contributed by atoms with Gasteiger partial charge in [0.05, 0.1) is 31.4 Å². The molecule has 9 heteroatoms. The molecule has 1 aromatic carbocycles. The molecule has 1 saturated heterocycles. The number of ether oxygens (including phenoxy) is 1. The summed E-state index contributed by atoms with van der Waals surface area (Å²) in [6, 6.07) is 11.8. The van der Waals surface area contributed by atoms with Crippen molar-refractivity contribution in [1.82, 2.24) is 10.1 Å². The highest BCUT2D eigenvalue weighted by atomic mass is 32.2. The second-order valence-electron chi connectivity index (χ2n) is 6.87. The highest BCUT2D eigenvalue weighted by molar-refractivity contribution is 7.91. The van der Waals surface area contributed by atoms with Crippen LogP contribution >= 0.6 is 0 Å². The number of nitrogens with zero attached hydrogens (tertiary/aromatic N) is 2. The Hall–Kier alpha value is -3.07. The van der Waals surface area contributed by atoms with Gasteiger partial charge < -0.3 is 18.6 Å². The highest BCUT2D eigenvalue weighted by Crippen LogP contribution is 2.26. The molecule has 0 saturated carbocycles. The molecule has 0 N–H and O–H groups in total. The Labute approximate surface area is 168 Å². The standard InChI is InChI=1S/C20H20N2O6S/c1-26-16-6-4-14(5-7-16)19-11-18(21-28-19)20(23)22(12-17-3-2-9-27-17)15-8-10-29(24,25)13-15/h2-7,9,11,15H,8,10,12-13H2,1H3/t15-/m0/s1. The molecule has 29 heavy (non-hydrogen) atoms. The molecule has 8 nitrogen and oxygen atoms in total. The van der Waals surface area contributed by atoms with Crippen LogP contribution < -0.4 is 4.74 Å². The van der Waals surface area contributed by atoms with Crippen molar-refractivity contribution < 1.29 is 26.9 Å². The Morgan fingerprint density at radius 1 is 1.28 bits per heavy atom. The third-order valence-electron chi connectivity index (χ3n) is 4.92. The van der Waals surface area contributed by atoms with E-state index in [2.05, 4.69) is 5.16 Å². The van der Waals surface area contributed by atoms with Crippen LogP contribution in [0.1, 0.15) is 22.7 Å². The van der Waals surface area contributed by atoms with E-state index in [9.17, 15) is 13.2 Å². The van der Waals surface area contributed by atoms with Crippen LogP contribution in [0.15, 0.2) is 57.7 Å². The molecule has 4 rings (SSSR count). The lowest BCUT2D eigenvalue weighted by molar-refractivity contribution is 0.0655. The van der Waals surface area contributed by atoms with Gasteiger partial charge in [-0.15, -0.1) is 0 Å². The number of carbonyl (C=O) groups is 1. The molecule has 0 radical (unpaired) electrons. The quantitative estimate of drug-likeness (QED) is 0.609. The van der Waals surface area contributed by atoms with Crippen molar-refractivity contribution in [1.29, 1.82) is 0 Å². The number of sulfone groups is 1. The SMILES string of the molecule is COc1ccc(-c2cc(C(=O)N(Cc3ccco3)[C@H]3CCS(=O)(=O)C3)no2)cc1. The molecule has 1 amide bonds. The Kier molecular flexibility index (Phi) is 5.14. The normalized spacial score (nSPS) is 17.9. The number of amides is 1. The topological polar surface area (TPSA) is 103 Å². The minimum atomic E-state index is -3.16. The minimum absolute atomic E-state index is 0.0650. The third kappa shape index (κ3) is 4.19. The smallest absolute Gasteiger partial charge is 0.276 e. The van der Waals surface area contributed by atoms with Crippen molar-refractivity contribution in [3.8, 4) is 17.1 Å². The van der Waals surface area contributed by atoms with E-state index in [1.165, 1.54) is 11.2 Å². The molecular formula is C20H20N2O6S. The number of rotatable bonds is 6. The molecule has 1 aliphatic heterocycles. The van der Waals surface area contributed by atoms with Gasteiger partial charge in [-0.3, -0.25) is 4.79 Å². The van der Waals surface area contributed by atoms with Gasteiger partial charge in [0, 0.05) is 17.7 Å². The second kappa shape index (κ2) is 7.75. The molecule has 3 aromatic rings. The maximum Gasteiger partial charge on any atom is 0.276 e. The van der Waals surface area contributed by atoms with Crippen molar-refractivity contribution in [2.45, 2.75) is 19.0 Å². The van der Waals surface area contributed by atoms with Gasteiger partial charge in [-0.05, 0) is 42.8 Å². The fourth-order valence-corrected chi connectivity index (χ4v) is 5.10. The average molecular weight is 416 g/mol. The van der Waals surface area contributed by atoms with Crippen LogP contribution in [-0.2, 0) is 16.4 Å². The molecule has 2 aromatic heterocycles. The van der Waals surface area contributed by atoms with Gasteiger partial charge in [0.15, 0.2) is 21.3 Å². The van der Waals surface area contributed by atoms with Gasteiger partial charge in [0.2, 0.25) is 0 Å². The van der Waals surface area contributed by atoms with Crippen LogP contribution in [0, 0.1) is 0 Å². The first kappa shape index (κ1) is 19.3. The lowest BCUT2D eigenvalue weighted by atomic mass is 10.1. The fourth-order valence-electron chi connectivity index (χ4n) is 3.37. The Balaban J connectivity index is 1.59. The number of methoxy groups -OCH3 is 1. The second-order valence-corrected chi connectivity index (χ2v) is 9.10. The number of furan rings is 1. The van der Waals surface area contributed by atoms with Gasteiger partial charge in [-0.1, -0.05) is 5.16 Å². The van der Waals surface area contributed by atoms with Crippen molar-refractivity contribution in [3.05, 3.63) is 60.2 Å². The Bertz CT molecular complexity index is 1090. The molecule has 1 atom stereocenters. The zero-order valence-electron chi connectivity index (χ0n) is 15.8. The lowest BCUT2D eigenvalue weighted by Gasteiger charge is -2.26. The number of benzene rings is 1. The summed E-state index contributed by atoms with van der Waals surface area (Å²) in [5.74, 6) is 1.32. The van der Waals surface area contributed by atoms with Gasteiger partial charge in [-0.2, -0.15) is 0 Å². The molecule has 0 unspecified atom stereocenters. The first-order valence-corrected chi connectivity index (χ1v) is 10.9.